The van der Waals surface area contributed by atoms with E-state index in [-0.39, 0.29) is 6.61 Å². The molecular formula is C15H15FO3. The van der Waals surface area contributed by atoms with E-state index in [0.717, 1.165) is 10.8 Å². The van der Waals surface area contributed by atoms with Crippen LogP contribution in [0.15, 0.2) is 42.5 Å². The fraction of sp³-hybridized carbons (Fsp3) is 0.267. The number of ether oxygens (including phenoxy) is 1. The summed E-state index contributed by atoms with van der Waals surface area (Å²) in [5, 5.41) is 11.7. The number of hydrogen-bond acceptors (Lipinski definition) is 3. The molecule has 4 heteroatoms. The normalized spacial score (nSPS) is 14.1. The molecule has 0 fully saturated rings. The van der Waals surface area contributed by atoms with E-state index in [2.05, 4.69) is 4.74 Å². The first-order valence-electron chi connectivity index (χ1n) is 6.11. The molecule has 2 rings (SSSR count). The number of hydrogen-bond donors (Lipinski definition) is 1. The Morgan fingerprint density at radius 3 is 2.63 bits per heavy atom. The number of fused-ring (bicyclic) bond motifs is 1. The molecule has 2 aromatic carbocycles. The number of esters is 1. The average molecular weight is 262 g/mol. The summed E-state index contributed by atoms with van der Waals surface area (Å²) in [5.74, 6) is -1.04. The van der Waals surface area contributed by atoms with Gasteiger partial charge in [0, 0.05) is 0 Å². The van der Waals surface area contributed by atoms with Crippen LogP contribution in [0.25, 0.3) is 10.8 Å². The molecule has 0 aliphatic rings. The highest BCUT2D eigenvalue weighted by molar-refractivity contribution is 5.83. The van der Waals surface area contributed by atoms with Crippen LogP contribution in [0.2, 0.25) is 0 Å². The molecule has 19 heavy (non-hydrogen) atoms. The minimum atomic E-state index is -2.07. The number of halogens is 1. The van der Waals surface area contributed by atoms with Gasteiger partial charge in [0.25, 0.3) is 0 Å². The second-order valence-corrected chi connectivity index (χ2v) is 4.21. The van der Waals surface area contributed by atoms with E-state index in [1.165, 1.54) is 0 Å². The van der Waals surface area contributed by atoms with Gasteiger partial charge in [0.15, 0.2) is 0 Å². The van der Waals surface area contributed by atoms with Crippen LogP contribution in [-0.2, 0) is 9.53 Å². The number of aliphatic hydroxyl groups is 1. The lowest BCUT2D eigenvalue weighted by Crippen LogP contribution is -2.26. The molecule has 0 saturated carbocycles. The van der Waals surface area contributed by atoms with Gasteiger partial charge in [-0.25, -0.2) is 9.18 Å². The Kier molecular flexibility index (Phi) is 4.12. The minimum Gasteiger partial charge on any atom is -0.464 e. The fourth-order valence-corrected chi connectivity index (χ4v) is 1.91. The molecular weight excluding hydrogens is 247 g/mol. The van der Waals surface area contributed by atoms with Gasteiger partial charge in [0.2, 0.25) is 6.17 Å². The molecule has 0 spiro atoms. The standard InChI is InChI=1S/C15H15FO3/c1-2-19-15(18)13(16)14(17)12-8-7-10-5-3-4-6-11(10)9-12/h3-9,13-14,17H,2H2,1H3/t13-,14+/m0/s1. The SMILES string of the molecule is CCOC(=O)[C@@H](F)[C@H](O)c1ccc2ccccc2c1. The highest BCUT2D eigenvalue weighted by Crippen LogP contribution is 2.24. The van der Waals surface area contributed by atoms with Crippen LogP contribution < -0.4 is 0 Å². The zero-order chi connectivity index (χ0) is 13.8. The molecule has 2 atom stereocenters. The van der Waals surface area contributed by atoms with Crippen molar-refractivity contribution in [3.63, 3.8) is 0 Å². The molecule has 100 valence electrons. The smallest absolute Gasteiger partial charge is 0.343 e. The van der Waals surface area contributed by atoms with Crippen molar-refractivity contribution < 1.29 is 19.0 Å². The molecule has 0 saturated heterocycles. The van der Waals surface area contributed by atoms with Crippen molar-refractivity contribution in [2.24, 2.45) is 0 Å². The van der Waals surface area contributed by atoms with E-state index < -0.39 is 18.2 Å². The zero-order valence-corrected chi connectivity index (χ0v) is 10.5. The maximum absolute atomic E-state index is 13.7. The predicted octanol–water partition coefficient (Wildman–Crippen LogP) is 2.77. The van der Waals surface area contributed by atoms with Crippen LogP contribution >= 0.6 is 0 Å². The van der Waals surface area contributed by atoms with Crippen LogP contribution in [0.1, 0.15) is 18.6 Å². The number of benzene rings is 2. The van der Waals surface area contributed by atoms with Crippen LogP contribution in [0.5, 0.6) is 0 Å². The number of aliphatic hydroxyl groups excluding tert-OH is 1. The molecule has 0 bridgehead atoms. The van der Waals surface area contributed by atoms with Gasteiger partial charge in [-0.05, 0) is 29.3 Å². The Morgan fingerprint density at radius 1 is 1.26 bits per heavy atom. The van der Waals surface area contributed by atoms with E-state index in [1.54, 1.807) is 25.1 Å². The third-order valence-corrected chi connectivity index (χ3v) is 2.90. The van der Waals surface area contributed by atoms with Crippen molar-refractivity contribution in [3.8, 4) is 0 Å². The van der Waals surface area contributed by atoms with Gasteiger partial charge in [-0.1, -0.05) is 36.4 Å². The lowest BCUT2D eigenvalue weighted by molar-refractivity contribution is -0.153. The summed E-state index contributed by atoms with van der Waals surface area (Å²) in [5.41, 5.74) is 0.360. The Bertz CT molecular complexity index is 582. The first-order chi connectivity index (χ1) is 9.13. The molecule has 0 heterocycles. The van der Waals surface area contributed by atoms with Crippen LogP contribution in [0, 0.1) is 0 Å². The summed E-state index contributed by atoms with van der Waals surface area (Å²) < 4.78 is 18.3. The maximum atomic E-state index is 13.7. The van der Waals surface area contributed by atoms with Crippen molar-refractivity contribution in [1.29, 1.82) is 0 Å². The van der Waals surface area contributed by atoms with Gasteiger partial charge >= 0.3 is 5.97 Å². The zero-order valence-electron chi connectivity index (χ0n) is 10.5. The average Bonchev–Trinajstić information content (AvgIpc) is 2.45. The highest BCUT2D eigenvalue weighted by atomic mass is 19.1. The predicted molar refractivity (Wildman–Crippen MR) is 70.4 cm³/mol. The van der Waals surface area contributed by atoms with Gasteiger partial charge in [0.05, 0.1) is 6.61 Å². The lowest BCUT2D eigenvalue weighted by atomic mass is 10.0. The van der Waals surface area contributed by atoms with Crippen molar-refractivity contribution in [2.75, 3.05) is 6.61 Å². The Balaban J connectivity index is 2.25. The molecule has 0 radical (unpaired) electrons. The first-order valence-corrected chi connectivity index (χ1v) is 6.11. The van der Waals surface area contributed by atoms with Gasteiger partial charge < -0.3 is 9.84 Å². The summed E-state index contributed by atoms with van der Waals surface area (Å²) in [7, 11) is 0. The number of rotatable bonds is 4. The Labute approximate surface area is 110 Å². The molecule has 1 N–H and O–H groups in total. The monoisotopic (exact) mass is 262 g/mol. The van der Waals surface area contributed by atoms with Crippen LogP contribution in [-0.4, -0.2) is 23.9 Å². The third kappa shape index (κ3) is 2.90. The molecule has 0 unspecified atom stereocenters. The summed E-state index contributed by atoms with van der Waals surface area (Å²) in [6, 6.07) is 12.6. The summed E-state index contributed by atoms with van der Waals surface area (Å²) in [4.78, 5) is 11.3. The highest BCUT2D eigenvalue weighted by Gasteiger charge is 2.29. The first kappa shape index (κ1) is 13.5. The van der Waals surface area contributed by atoms with Crippen molar-refractivity contribution >= 4 is 16.7 Å². The molecule has 0 aliphatic carbocycles. The lowest BCUT2D eigenvalue weighted by Gasteiger charge is -2.15. The fourth-order valence-electron chi connectivity index (χ4n) is 1.91. The van der Waals surface area contributed by atoms with E-state index in [9.17, 15) is 14.3 Å². The second-order valence-electron chi connectivity index (χ2n) is 4.21. The molecule has 0 amide bonds. The van der Waals surface area contributed by atoms with Crippen molar-refractivity contribution in [1.82, 2.24) is 0 Å². The molecule has 0 aliphatic heterocycles. The van der Waals surface area contributed by atoms with E-state index in [0.29, 0.717) is 5.56 Å². The van der Waals surface area contributed by atoms with E-state index in [4.69, 9.17) is 0 Å². The molecule has 2 aromatic rings. The van der Waals surface area contributed by atoms with E-state index in [1.807, 2.05) is 24.3 Å². The van der Waals surface area contributed by atoms with Crippen LogP contribution in [0.4, 0.5) is 4.39 Å². The Morgan fingerprint density at radius 2 is 1.95 bits per heavy atom. The molecule has 3 nitrogen and oxygen atoms in total. The molecule has 0 aromatic heterocycles. The minimum absolute atomic E-state index is 0.0870. The quantitative estimate of drug-likeness (QED) is 0.862. The van der Waals surface area contributed by atoms with Gasteiger partial charge in [0.1, 0.15) is 6.10 Å². The largest absolute Gasteiger partial charge is 0.464 e. The number of carbonyl (C=O) groups is 1. The van der Waals surface area contributed by atoms with Crippen LogP contribution in [0.3, 0.4) is 0 Å². The second kappa shape index (κ2) is 5.80. The van der Waals surface area contributed by atoms with Crippen molar-refractivity contribution in [2.45, 2.75) is 19.2 Å². The number of carbonyl (C=O) groups excluding carboxylic acids is 1. The van der Waals surface area contributed by atoms with Gasteiger partial charge in [-0.3, -0.25) is 0 Å². The van der Waals surface area contributed by atoms with Gasteiger partial charge in [-0.2, -0.15) is 0 Å². The van der Waals surface area contributed by atoms with E-state index >= 15 is 0 Å². The Hall–Kier alpha value is -1.94. The maximum Gasteiger partial charge on any atom is 0.343 e. The van der Waals surface area contributed by atoms with Gasteiger partial charge in [-0.15, -0.1) is 0 Å². The summed E-state index contributed by atoms with van der Waals surface area (Å²) in [6.07, 6.45) is -3.58. The topological polar surface area (TPSA) is 46.5 Å². The summed E-state index contributed by atoms with van der Waals surface area (Å²) in [6.45, 7) is 1.68. The van der Waals surface area contributed by atoms with Crippen molar-refractivity contribution in [3.05, 3.63) is 48.0 Å². The summed E-state index contributed by atoms with van der Waals surface area (Å²) >= 11 is 0. The number of alkyl halides is 1. The third-order valence-electron chi connectivity index (χ3n) is 2.90.